The third-order valence-electron chi connectivity index (χ3n) is 2.66. The second-order valence-corrected chi connectivity index (χ2v) is 5.39. The third-order valence-corrected chi connectivity index (χ3v) is 3.56. The van der Waals surface area contributed by atoms with Crippen LogP contribution >= 0.6 is 34.8 Å². The van der Waals surface area contributed by atoms with Crippen LogP contribution in [0.3, 0.4) is 0 Å². The Bertz CT molecular complexity index is 732. The van der Waals surface area contributed by atoms with Gasteiger partial charge in [-0.2, -0.15) is 0 Å². The van der Waals surface area contributed by atoms with Crippen molar-refractivity contribution in [3.63, 3.8) is 0 Å². The van der Waals surface area contributed by atoms with Gasteiger partial charge in [-0.15, -0.1) is 0 Å². The van der Waals surface area contributed by atoms with Gasteiger partial charge in [0.25, 0.3) is 5.91 Å². The molecule has 0 radical (unpaired) electrons. The molecule has 3 N–H and O–H groups in total. The first-order valence-electron chi connectivity index (χ1n) is 5.74. The zero-order valence-corrected chi connectivity index (χ0v) is 12.8. The van der Waals surface area contributed by atoms with E-state index >= 15 is 0 Å². The van der Waals surface area contributed by atoms with Crippen LogP contribution in [0.4, 0.5) is 5.69 Å². The van der Waals surface area contributed by atoms with Gasteiger partial charge in [0.15, 0.2) is 0 Å². The molecule has 0 bridgehead atoms. The number of amides is 2. The molecule has 4 nitrogen and oxygen atoms in total. The lowest BCUT2D eigenvalue weighted by molar-refractivity contribution is 0.0996. The number of hydrogen-bond acceptors (Lipinski definition) is 2. The van der Waals surface area contributed by atoms with Crippen LogP contribution in [-0.4, -0.2) is 11.8 Å². The van der Waals surface area contributed by atoms with E-state index < -0.39 is 11.8 Å². The monoisotopic (exact) mass is 342 g/mol. The highest BCUT2D eigenvalue weighted by molar-refractivity contribution is 6.36. The lowest BCUT2D eigenvalue weighted by atomic mass is 10.1. The zero-order valence-electron chi connectivity index (χ0n) is 10.5. The van der Waals surface area contributed by atoms with Gasteiger partial charge in [-0.25, -0.2) is 0 Å². The Balaban J connectivity index is 2.29. The molecular formula is C14H9Cl3N2O2. The van der Waals surface area contributed by atoms with E-state index in [4.69, 9.17) is 40.5 Å². The molecule has 0 heterocycles. The number of rotatable bonds is 3. The van der Waals surface area contributed by atoms with E-state index in [9.17, 15) is 9.59 Å². The molecule has 0 atom stereocenters. The maximum Gasteiger partial charge on any atom is 0.257 e. The average molecular weight is 344 g/mol. The molecule has 0 fully saturated rings. The molecule has 0 aliphatic rings. The van der Waals surface area contributed by atoms with Crippen LogP contribution in [0.2, 0.25) is 15.1 Å². The number of halogens is 3. The summed E-state index contributed by atoms with van der Waals surface area (Å²) in [5.74, 6) is -1.14. The Kier molecular flexibility index (Phi) is 4.73. The minimum atomic E-state index is -0.683. The molecule has 21 heavy (non-hydrogen) atoms. The summed E-state index contributed by atoms with van der Waals surface area (Å²) in [6, 6.07) is 8.96. The Morgan fingerprint density at radius 2 is 1.52 bits per heavy atom. The molecule has 108 valence electrons. The van der Waals surface area contributed by atoms with Crippen LogP contribution in [0.1, 0.15) is 20.7 Å². The van der Waals surface area contributed by atoms with E-state index in [-0.39, 0.29) is 21.2 Å². The smallest absolute Gasteiger partial charge is 0.257 e. The van der Waals surface area contributed by atoms with E-state index in [0.717, 1.165) is 0 Å². The fraction of sp³-hybridized carbons (Fsp3) is 0. The maximum absolute atomic E-state index is 12.1. The highest BCUT2D eigenvalue weighted by Gasteiger charge is 2.13. The van der Waals surface area contributed by atoms with Crippen molar-refractivity contribution in [3.05, 3.63) is 62.6 Å². The summed E-state index contributed by atoms with van der Waals surface area (Å²) in [4.78, 5) is 23.4. The van der Waals surface area contributed by atoms with Gasteiger partial charge in [-0.1, -0.05) is 34.8 Å². The highest BCUT2D eigenvalue weighted by atomic mass is 35.5. The second-order valence-electron chi connectivity index (χ2n) is 4.14. The first-order valence-corrected chi connectivity index (χ1v) is 6.87. The topological polar surface area (TPSA) is 72.2 Å². The summed E-state index contributed by atoms with van der Waals surface area (Å²) >= 11 is 17.6. The number of anilines is 1. The molecular weight excluding hydrogens is 335 g/mol. The Hall–Kier alpha value is -1.75. The third kappa shape index (κ3) is 3.67. The van der Waals surface area contributed by atoms with Crippen molar-refractivity contribution in [2.45, 2.75) is 0 Å². The lowest BCUT2D eigenvalue weighted by Gasteiger charge is -2.09. The first-order chi connectivity index (χ1) is 9.88. The van der Waals surface area contributed by atoms with Crippen LogP contribution in [0, 0.1) is 0 Å². The van der Waals surface area contributed by atoms with Crippen LogP contribution in [-0.2, 0) is 0 Å². The predicted octanol–water partition coefficient (Wildman–Crippen LogP) is 4.00. The fourth-order valence-electron chi connectivity index (χ4n) is 1.66. The Morgan fingerprint density at radius 1 is 0.905 bits per heavy atom. The molecule has 7 heteroatoms. The van der Waals surface area contributed by atoms with E-state index in [1.165, 1.54) is 24.3 Å². The van der Waals surface area contributed by atoms with E-state index in [2.05, 4.69) is 5.32 Å². The summed E-state index contributed by atoms with van der Waals surface area (Å²) in [6.45, 7) is 0. The normalized spacial score (nSPS) is 10.2. The number of benzene rings is 2. The van der Waals surface area contributed by atoms with Crippen molar-refractivity contribution in [2.24, 2.45) is 5.73 Å². The quantitative estimate of drug-likeness (QED) is 0.884. The van der Waals surface area contributed by atoms with Gasteiger partial charge in [-0.05, 0) is 36.4 Å². The largest absolute Gasteiger partial charge is 0.366 e. The van der Waals surface area contributed by atoms with Gasteiger partial charge in [0.2, 0.25) is 5.91 Å². The van der Waals surface area contributed by atoms with Gasteiger partial charge in [0, 0.05) is 10.7 Å². The molecule has 0 aliphatic heterocycles. The number of nitrogens with two attached hydrogens (primary N) is 1. The van der Waals surface area contributed by atoms with Gasteiger partial charge >= 0.3 is 0 Å². The lowest BCUT2D eigenvalue weighted by Crippen LogP contribution is -2.15. The maximum atomic E-state index is 12.1. The molecule has 0 unspecified atom stereocenters. The van der Waals surface area contributed by atoms with Gasteiger partial charge < -0.3 is 11.1 Å². The van der Waals surface area contributed by atoms with Crippen molar-refractivity contribution in [1.29, 1.82) is 0 Å². The molecule has 2 rings (SSSR count). The molecule has 2 amide bonds. The fourth-order valence-corrected chi connectivity index (χ4v) is 2.25. The summed E-state index contributed by atoms with van der Waals surface area (Å²) in [6.07, 6.45) is 0. The highest BCUT2D eigenvalue weighted by Crippen LogP contribution is 2.24. The SMILES string of the molecule is NC(=O)c1cc(NC(=O)c2cc(Cl)ccc2Cl)ccc1Cl. The van der Waals surface area contributed by atoms with Crippen molar-refractivity contribution in [2.75, 3.05) is 5.32 Å². The van der Waals surface area contributed by atoms with E-state index in [1.807, 2.05) is 0 Å². The van der Waals surface area contributed by atoms with Gasteiger partial charge in [-0.3, -0.25) is 9.59 Å². The van der Waals surface area contributed by atoms with E-state index in [1.54, 1.807) is 12.1 Å². The number of hydrogen-bond donors (Lipinski definition) is 2. The minimum absolute atomic E-state index is 0.117. The molecule has 0 spiro atoms. The van der Waals surface area contributed by atoms with Gasteiger partial charge in [0.1, 0.15) is 0 Å². The Labute approximate surface area is 135 Å². The molecule has 0 aromatic heterocycles. The predicted molar refractivity (Wildman–Crippen MR) is 84.4 cm³/mol. The average Bonchev–Trinajstić information content (AvgIpc) is 2.43. The molecule has 0 aliphatic carbocycles. The molecule has 0 saturated carbocycles. The van der Waals surface area contributed by atoms with Crippen molar-refractivity contribution < 1.29 is 9.59 Å². The van der Waals surface area contributed by atoms with Crippen LogP contribution in [0.15, 0.2) is 36.4 Å². The van der Waals surface area contributed by atoms with Crippen molar-refractivity contribution in [3.8, 4) is 0 Å². The molecule has 0 saturated heterocycles. The molecule has 2 aromatic carbocycles. The number of nitrogens with one attached hydrogen (secondary N) is 1. The van der Waals surface area contributed by atoms with Crippen LogP contribution in [0.5, 0.6) is 0 Å². The van der Waals surface area contributed by atoms with Crippen molar-refractivity contribution >= 4 is 52.3 Å². The minimum Gasteiger partial charge on any atom is -0.366 e. The first kappa shape index (κ1) is 15.6. The summed E-state index contributed by atoms with van der Waals surface area (Å²) in [5.41, 5.74) is 5.90. The Morgan fingerprint density at radius 3 is 2.19 bits per heavy atom. The van der Waals surface area contributed by atoms with Gasteiger partial charge in [0.05, 0.1) is 21.2 Å². The zero-order chi connectivity index (χ0) is 15.6. The standard InChI is InChI=1S/C14H9Cl3N2O2/c15-7-1-3-12(17)10(5-7)14(21)19-8-2-4-11(16)9(6-8)13(18)20/h1-6H,(H2,18,20)(H,19,21). The summed E-state index contributed by atoms with van der Waals surface area (Å²) in [5, 5.41) is 3.46. The van der Waals surface area contributed by atoms with Crippen LogP contribution in [0.25, 0.3) is 0 Å². The number of primary amides is 1. The summed E-state index contributed by atoms with van der Waals surface area (Å²) in [7, 11) is 0. The number of carbonyl (C=O) groups is 2. The van der Waals surface area contributed by atoms with Crippen LogP contribution < -0.4 is 11.1 Å². The van der Waals surface area contributed by atoms with E-state index in [0.29, 0.717) is 10.7 Å². The second kappa shape index (κ2) is 6.35. The number of carbonyl (C=O) groups excluding carboxylic acids is 2. The van der Waals surface area contributed by atoms with Crippen molar-refractivity contribution in [1.82, 2.24) is 0 Å². The summed E-state index contributed by atoms with van der Waals surface area (Å²) < 4.78 is 0. The molecule has 2 aromatic rings.